The Kier molecular flexibility index (Phi) is 3.31. The monoisotopic (exact) mass is 292 g/mol. The van der Waals surface area contributed by atoms with Gasteiger partial charge in [-0.1, -0.05) is 12.1 Å². The smallest absolute Gasteiger partial charge is 0.308 e. The van der Waals surface area contributed by atoms with Crippen LogP contribution in [0.1, 0.15) is 18.3 Å². The van der Waals surface area contributed by atoms with Crippen LogP contribution in [0.4, 0.5) is 0 Å². The second-order valence-electron chi connectivity index (χ2n) is 4.78. The van der Waals surface area contributed by atoms with Gasteiger partial charge in [0.2, 0.25) is 0 Å². The fourth-order valence-corrected chi connectivity index (χ4v) is 2.30. The van der Waals surface area contributed by atoms with Crippen LogP contribution in [0.15, 0.2) is 30.5 Å². The summed E-state index contributed by atoms with van der Waals surface area (Å²) in [5, 5.41) is 9.67. The van der Waals surface area contributed by atoms with Crippen LogP contribution >= 0.6 is 0 Å². The third-order valence-electron chi connectivity index (χ3n) is 3.13. The molecular formula is C16H12N4O2. The molecule has 3 rings (SSSR count). The molecule has 0 fully saturated rings. The highest BCUT2D eigenvalue weighted by atomic mass is 16.5. The van der Waals surface area contributed by atoms with Gasteiger partial charge >= 0.3 is 5.97 Å². The highest BCUT2D eigenvalue weighted by Crippen LogP contribution is 2.33. The van der Waals surface area contributed by atoms with Crippen molar-refractivity contribution >= 4 is 17.0 Å². The first-order chi connectivity index (χ1) is 10.6. The van der Waals surface area contributed by atoms with E-state index < -0.39 is 5.97 Å². The average Bonchev–Trinajstić information content (AvgIpc) is 2.88. The molecule has 22 heavy (non-hydrogen) atoms. The highest BCUT2D eigenvalue weighted by molar-refractivity contribution is 5.97. The molecule has 1 aromatic carbocycles. The zero-order valence-corrected chi connectivity index (χ0v) is 12.0. The molecule has 0 bridgehead atoms. The van der Waals surface area contributed by atoms with Crippen LogP contribution in [0.2, 0.25) is 0 Å². The summed E-state index contributed by atoms with van der Waals surface area (Å²) in [6, 6.07) is 9.21. The molecule has 0 atom stereocenters. The maximum absolute atomic E-state index is 11.2. The first-order valence-corrected chi connectivity index (χ1v) is 6.63. The fourth-order valence-electron chi connectivity index (χ4n) is 2.30. The minimum absolute atomic E-state index is 0.375. The lowest BCUT2D eigenvalue weighted by atomic mass is 10.1. The summed E-state index contributed by atoms with van der Waals surface area (Å²) in [5.74, 6) is 0.541. The Morgan fingerprint density at radius 3 is 2.91 bits per heavy atom. The number of aryl methyl sites for hydroxylation is 1. The molecule has 3 aromatic rings. The number of benzene rings is 1. The van der Waals surface area contributed by atoms with Crippen molar-refractivity contribution in [2.24, 2.45) is 0 Å². The summed E-state index contributed by atoms with van der Waals surface area (Å²) in [6.07, 6.45) is 1.58. The van der Waals surface area contributed by atoms with E-state index in [4.69, 9.17) is 10.00 Å². The third-order valence-corrected chi connectivity index (χ3v) is 3.13. The molecule has 0 saturated heterocycles. The fraction of sp³-hybridized carbons (Fsp3) is 0.125. The van der Waals surface area contributed by atoms with E-state index in [1.807, 2.05) is 6.07 Å². The van der Waals surface area contributed by atoms with Crippen molar-refractivity contribution in [1.82, 2.24) is 15.0 Å². The van der Waals surface area contributed by atoms with Gasteiger partial charge < -0.3 is 9.72 Å². The number of nitrogens with one attached hydrogen (secondary N) is 1. The first-order valence-electron chi connectivity index (χ1n) is 6.63. The minimum Gasteiger partial charge on any atom is -0.424 e. The summed E-state index contributed by atoms with van der Waals surface area (Å²) < 4.78 is 5.21. The molecule has 0 amide bonds. The highest BCUT2D eigenvalue weighted by Gasteiger charge is 2.16. The Morgan fingerprint density at radius 2 is 2.18 bits per heavy atom. The first kappa shape index (κ1) is 13.8. The van der Waals surface area contributed by atoms with Crippen molar-refractivity contribution in [1.29, 1.82) is 5.26 Å². The number of ether oxygens (including phenoxy) is 1. The van der Waals surface area contributed by atoms with E-state index >= 15 is 0 Å². The van der Waals surface area contributed by atoms with Crippen LogP contribution < -0.4 is 4.74 Å². The predicted molar refractivity (Wildman–Crippen MR) is 80.1 cm³/mol. The molecule has 0 unspecified atom stereocenters. The van der Waals surface area contributed by atoms with Crippen LogP contribution in [-0.4, -0.2) is 20.9 Å². The summed E-state index contributed by atoms with van der Waals surface area (Å²) in [5.41, 5.74) is 2.51. The SMILES string of the molecule is CC(=O)Oc1c[nH]c2nc(C)nc(-c3cccc(C#N)c3)c12. The molecule has 2 heterocycles. The van der Waals surface area contributed by atoms with Gasteiger partial charge in [-0.05, 0) is 19.1 Å². The van der Waals surface area contributed by atoms with Crippen molar-refractivity contribution in [2.75, 3.05) is 0 Å². The number of aromatic amines is 1. The van der Waals surface area contributed by atoms with Gasteiger partial charge in [0.1, 0.15) is 11.5 Å². The Labute approximate surface area is 126 Å². The maximum atomic E-state index is 11.2. The number of carbonyl (C=O) groups is 1. The third kappa shape index (κ3) is 2.40. The molecule has 0 aliphatic heterocycles. The Bertz CT molecular complexity index is 922. The van der Waals surface area contributed by atoms with Crippen LogP contribution in [0.25, 0.3) is 22.3 Å². The molecule has 108 valence electrons. The molecule has 0 spiro atoms. The Hall–Kier alpha value is -3.20. The molecular weight excluding hydrogens is 280 g/mol. The van der Waals surface area contributed by atoms with Crippen LogP contribution in [-0.2, 0) is 4.79 Å². The topological polar surface area (TPSA) is 91.7 Å². The van der Waals surface area contributed by atoms with Crippen molar-refractivity contribution in [2.45, 2.75) is 13.8 Å². The number of hydrogen-bond acceptors (Lipinski definition) is 5. The summed E-state index contributed by atoms with van der Waals surface area (Å²) in [6.45, 7) is 3.12. The molecule has 0 saturated carbocycles. The van der Waals surface area contributed by atoms with Gasteiger partial charge in [0.15, 0.2) is 5.75 Å². The summed E-state index contributed by atoms with van der Waals surface area (Å²) in [7, 11) is 0. The van der Waals surface area contributed by atoms with E-state index in [9.17, 15) is 4.79 Å². The van der Waals surface area contributed by atoms with Crippen LogP contribution in [0.5, 0.6) is 5.75 Å². The average molecular weight is 292 g/mol. The van der Waals surface area contributed by atoms with Crippen LogP contribution in [0, 0.1) is 18.3 Å². The predicted octanol–water partition coefficient (Wildman–Crippen LogP) is 2.73. The Morgan fingerprint density at radius 1 is 1.36 bits per heavy atom. The number of aromatic nitrogens is 3. The number of nitrogens with zero attached hydrogens (tertiary/aromatic N) is 3. The lowest BCUT2D eigenvalue weighted by molar-refractivity contribution is -0.131. The van der Waals surface area contributed by atoms with Gasteiger partial charge in [-0.25, -0.2) is 9.97 Å². The second kappa shape index (κ2) is 5.30. The molecule has 1 N–H and O–H groups in total. The summed E-state index contributed by atoms with van der Waals surface area (Å²) >= 11 is 0. The molecule has 0 aliphatic carbocycles. The lowest BCUT2D eigenvalue weighted by Crippen LogP contribution is -2.01. The quantitative estimate of drug-likeness (QED) is 0.733. The van der Waals surface area contributed by atoms with Gasteiger partial charge in [0.25, 0.3) is 0 Å². The Balaban J connectivity index is 2.29. The van der Waals surface area contributed by atoms with Gasteiger partial charge in [-0.15, -0.1) is 0 Å². The number of hydrogen-bond donors (Lipinski definition) is 1. The van der Waals surface area contributed by atoms with Crippen molar-refractivity contribution in [3.8, 4) is 23.1 Å². The molecule has 6 heteroatoms. The molecule has 0 radical (unpaired) electrons. The summed E-state index contributed by atoms with van der Waals surface area (Å²) in [4.78, 5) is 23.0. The van der Waals surface area contributed by atoms with Crippen molar-refractivity contribution in [3.63, 3.8) is 0 Å². The number of fused-ring (bicyclic) bond motifs is 1. The zero-order chi connectivity index (χ0) is 15.7. The van der Waals surface area contributed by atoms with Crippen molar-refractivity contribution in [3.05, 3.63) is 41.9 Å². The number of H-pyrrole nitrogens is 1. The number of carbonyl (C=O) groups excluding carboxylic acids is 1. The number of nitriles is 1. The minimum atomic E-state index is -0.418. The normalized spacial score (nSPS) is 10.4. The van der Waals surface area contributed by atoms with E-state index in [1.54, 1.807) is 31.3 Å². The second-order valence-corrected chi connectivity index (χ2v) is 4.78. The van der Waals surface area contributed by atoms with Crippen LogP contribution in [0.3, 0.4) is 0 Å². The van der Waals surface area contributed by atoms with Gasteiger partial charge in [0, 0.05) is 18.7 Å². The lowest BCUT2D eigenvalue weighted by Gasteiger charge is -2.06. The maximum Gasteiger partial charge on any atom is 0.308 e. The van der Waals surface area contributed by atoms with E-state index in [0.29, 0.717) is 33.9 Å². The standard InChI is InChI=1S/C16H12N4O2/c1-9-19-15(12-5-3-4-11(6-12)7-17)14-13(22-10(2)21)8-18-16(14)20-9/h3-6,8H,1-2H3,(H,18,19,20). The molecule has 0 aliphatic rings. The van der Waals surface area contributed by atoms with E-state index in [-0.39, 0.29) is 0 Å². The van der Waals surface area contributed by atoms with E-state index in [0.717, 1.165) is 5.56 Å². The largest absolute Gasteiger partial charge is 0.424 e. The van der Waals surface area contributed by atoms with Crippen molar-refractivity contribution < 1.29 is 9.53 Å². The van der Waals surface area contributed by atoms with Gasteiger partial charge in [-0.2, -0.15) is 5.26 Å². The van der Waals surface area contributed by atoms with E-state index in [2.05, 4.69) is 21.0 Å². The zero-order valence-electron chi connectivity index (χ0n) is 12.0. The number of rotatable bonds is 2. The molecule has 2 aromatic heterocycles. The molecule has 6 nitrogen and oxygen atoms in total. The van der Waals surface area contributed by atoms with E-state index in [1.165, 1.54) is 6.92 Å². The van der Waals surface area contributed by atoms with Gasteiger partial charge in [0.05, 0.1) is 22.7 Å². The number of esters is 1. The van der Waals surface area contributed by atoms with Gasteiger partial charge in [-0.3, -0.25) is 4.79 Å².